The van der Waals surface area contributed by atoms with Gasteiger partial charge in [-0.1, -0.05) is 168 Å². The van der Waals surface area contributed by atoms with Gasteiger partial charge < -0.3 is 9.80 Å². The van der Waals surface area contributed by atoms with E-state index in [2.05, 4.69) is 49.6 Å². The van der Waals surface area contributed by atoms with Crippen molar-refractivity contribution < 1.29 is 9.59 Å². The molecule has 274 valence electrons. The lowest BCUT2D eigenvalue weighted by atomic mass is 9.72. The van der Waals surface area contributed by atoms with Gasteiger partial charge in [-0.25, -0.2) is 0 Å². The maximum Gasteiger partial charge on any atom is 0.227 e. The maximum atomic E-state index is 14.7. The normalized spacial score (nSPS) is 19.0. The predicted molar refractivity (Wildman–Crippen MR) is 204 cm³/mol. The zero-order valence-electron chi connectivity index (χ0n) is 32.1. The molecule has 2 amide bonds. The lowest BCUT2D eigenvalue weighted by Gasteiger charge is -2.38. The number of allylic oxidation sites excluding steroid dienone is 2. The highest BCUT2D eigenvalue weighted by Crippen LogP contribution is 2.55. The van der Waals surface area contributed by atoms with Crippen LogP contribution in [-0.2, 0) is 9.59 Å². The van der Waals surface area contributed by atoms with Crippen molar-refractivity contribution in [1.82, 2.24) is 9.80 Å². The van der Waals surface area contributed by atoms with Crippen LogP contribution in [0.25, 0.3) is 0 Å². The molecule has 0 aromatic carbocycles. The molecule has 1 fully saturated rings. The van der Waals surface area contributed by atoms with Gasteiger partial charge in [-0.2, -0.15) is 0 Å². The molecule has 0 radical (unpaired) electrons. The minimum absolute atomic E-state index is 0.107. The molecule has 47 heavy (non-hydrogen) atoms. The Morgan fingerprint density at radius 2 is 0.957 bits per heavy atom. The summed E-state index contributed by atoms with van der Waals surface area (Å²) in [6.45, 7) is 12.6. The number of nitrogens with zero attached hydrogens (tertiary/aromatic N) is 2. The van der Waals surface area contributed by atoms with Gasteiger partial charge in [0.25, 0.3) is 0 Å². The van der Waals surface area contributed by atoms with E-state index in [-0.39, 0.29) is 17.2 Å². The smallest absolute Gasteiger partial charge is 0.227 e. The van der Waals surface area contributed by atoms with E-state index in [0.29, 0.717) is 18.2 Å². The first kappa shape index (κ1) is 41.8. The van der Waals surface area contributed by atoms with E-state index in [1.807, 2.05) is 0 Å². The van der Waals surface area contributed by atoms with Crippen LogP contribution in [-0.4, -0.2) is 47.8 Å². The van der Waals surface area contributed by atoms with Crippen LogP contribution in [0.1, 0.15) is 207 Å². The summed E-state index contributed by atoms with van der Waals surface area (Å²) in [6, 6.07) is 0. The average molecular weight is 657 g/mol. The summed E-state index contributed by atoms with van der Waals surface area (Å²) in [6.07, 6.45) is 38.4. The molecule has 3 atom stereocenters. The van der Waals surface area contributed by atoms with Crippen molar-refractivity contribution in [1.29, 1.82) is 0 Å². The molecule has 3 unspecified atom stereocenters. The van der Waals surface area contributed by atoms with E-state index in [0.717, 1.165) is 64.7 Å². The third-order valence-corrected chi connectivity index (χ3v) is 11.5. The molecule has 2 rings (SSSR count). The average Bonchev–Trinajstić information content (AvgIpc) is 3.70. The molecule has 2 aliphatic rings. The van der Waals surface area contributed by atoms with Gasteiger partial charge in [-0.3, -0.25) is 9.59 Å². The summed E-state index contributed by atoms with van der Waals surface area (Å²) in [5, 5.41) is 0. The van der Waals surface area contributed by atoms with Crippen LogP contribution in [0.15, 0.2) is 12.2 Å². The Morgan fingerprint density at radius 1 is 0.574 bits per heavy atom. The highest BCUT2D eigenvalue weighted by molar-refractivity contribution is 5.87. The number of rotatable bonds is 32. The van der Waals surface area contributed by atoms with Crippen LogP contribution in [0.2, 0.25) is 0 Å². The first-order chi connectivity index (χ1) is 23.0. The van der Waals surface area contributed by atoms with Gasteiger partial charge in [-0.15, -0.1) is 0 Å². The van der Waals surface area contributed by atoms with Gasteiger partial charge in [-0.05, 0) is 50.9 Å². The van der Waals surface area contributed by atoms with E-state index in [4.69, 9.17) is 0 Å². The highest BCUT2D eigenvalue weighted by atomic mass is 16.2. The van der Waals surface area contributed by atoms with Crippen LogP contribution in [0.4, 0.5) is 0 Å². The molecule has 2 aliphatic carbocycles. The quantitative estimate of drug-likeness (QED) is 0.0534. The summed E-state index contributed by atoms with van der Waals surface area (Å²) in [7, 11) is 0. The fourth-order valence-corrected chi connectivity index (χ4v) is 8.31. The van der Waals surface area contributed by atoms with Gasteiger partial charge >= 0.3 is 0 Å². The van der Waals surface area contributed by atoms with Crippen LogP contribution < -0.4 is 0 Å². The maximum absolute atomic E-state index is 14.7. The van der Waals surface area contributed by atoms with E-state index in [1.54, 1.807) is 0 Å². The lowest BCUT2D eigenvalue weighted by molar-refractivity contribution is -0.145. The van der Waals surface area contributed by atoms with E-state index < -0.39 is 0 Å². The first-order valence-corrected chi connectivity index (χ1v) is 21.3. The Hall–Kier alpha value is -1.32. The van der Waals surface area contributed by atoms with Crippen LogP contribution in [0.3, 0.4) is 0 Å². The number of hydrogen-bond donors (Lipinski definition) is 0. The number of carbonyl (C=O) groups excluding carboxylic acids is 2. The molecule has 0 N–H and O–H groups in total. The third kappa shape index (κ3) is 16.8. The molecule has 0 heterocycles. The molecule has 1 saturated carbocycles. The van der Waals surface area contributed by atoms with Crippen molar-refractivity contribution in [3.05, 3.63) is 12.2 Å². The Labute approximate surface area is 293 Å². The Kier molecular flexibility index (Phi) is 23.6. The number of amides is 2. The second kappa shape index (κ2) is 26.5. The van der Waals surface area contributed by atoms with Gasteiger partial charge in [0, 0.05) is 38.0 Å². The van der Waals surface area contributed by atoms with Gasteiger partial charge in [0.05, 0.1) is 5.92 Å². The third-order valence-electron chi connectivity index (χ3n) is 11.5. The minimum Gasteiger partial charge on any atom is -0.343 e. The van der Waals surface area contributed by atoms with Crippen LogP contribution in [0, 0.1) is 17.3 Å². The monoisotopic (exact) mass is 657 g/mol. The molecule has 0 aliphatic heterocycles. The summed E-state index contributed by atoms with van der Waals surface area (Å²) < 4.78 is 0. The van der Waals surface area contributed by atoms with E-state index in [1.165, 1.54) is 135 Å². The lowest BCUT2D eigenvalue weighted by Crippen LogP contribution is -2.46. The zero-order chi connectivity index (χ0) is 34.0. The zero-order valence-corrected chi connectivity index (χ0v) is 32.1. The predicted octanol–water partition coefficient (Wildman–Crippen LogP) is 12.4. The van der Waals surface area contributed by atoms with Gasteiger partial charge in [0.15, 0.2) is 0 Å². The molecule has 0 saturated heterocycles. The summed E-state index contributed by atoms with van der Waals surface area (Å²) in [4.78, 5) is 33.5. The molecular formula is C43H80N2O2. The Morgan fingerprint density at radius 3 is 1.30 bits per heavy atom. The number of fused-ring (bicyclic) bond motifs is 2. The fraction of sp³-hybridized carbons (Fsp3) is 0.907. The standard InChI is InChI=1S/C43H80N2O2/c1-5-9-13-17-21-25-33-44(34-26-22-18-14-10-6-2)41(46)37-40(43-31-29-39(38-43)30-32-43)42(47)45(35-27-23-19-15-11-7-3)36-28-24-20-16-12-8-4/h29,31,39-40H,5-28,30,32-38H2,1-4H3. The summed E-state index contributed by atoms with van der Waals surface area (Å²) >= 11 is 0. The van der Waals surface area contributed by atoms with Crippen molar-refractivity contribution in [2.75, 3.05) is 26.2 Å². The largest absolute Gasteiger partial charge is 0.343 e. The van der Waals surface area contributed by atoms with Crippen LogP contribution >= 0.6 is 0 Å². The molecular weight excluding hydrogens is 576 g/mol. The molecule has 4 heteroatoms. The van der Waals surface area contributed by atoms with E-state index >= 15 is 0 Å². The SMILES string of the molecule is CCCCCCCCN(CCCCCCCC)C(=O)CC(C(=O)N(CCCCCCCC)CCCCCCCC)C12C=CC(CC1)C2. The molecule has 2 bridgehead atoms. The molecule has 0 aromatic heterocycles. The second-order valence-electron chi connectivity index (χ2n) is 15.6. The van der Waals surface area contributed by atoms with Gasteiger partial charge in [0.1, 0.15) is 0 Å². The van der Waals surface area contributed by atoms with Gasteiger partial charge in [0.2, 0.25) is 11.8 Å². The van der Waals surface area contributed by atoms with Crippen molar-refractivity contribution in [2.24, 2.45) is 17.3 Å². The van der Waals surface area contributed by atoms with Crippen LogP contribution in [0.5, 0.6) is 0 Å². The Balaban J connectivity index is 2.14. The van der Waals surface area contributed by atoms with Crippen molar-refractivity contribution in [2.45, 2.75) is 207 Å². The second-order valence-corrected chi connectivity index (χ2v) is 15.6. The number of unbranched alkanes of at least 4 members (excludes halogenated alkanes) is 20. The van der Waals surface area contributed by atoms with Crippen molar-refractivity contribution in [3.8, 4) is 0 Å². The Bertz CT molecular complexity index is 793. The number of carbonyl (C=O) groups is 2. The fourth-order valence-electron chi connectivity index (χ4n) is 8.31. The summed E-state index contributed by atoms with van der Waals surface area (Å²) in [5.74, 6) is 0.957. The molecule has 0 spiro atoms. The minimum atomic E-state index is -0.199. The number of hydrogen-bond acceptors (Lipinski definition) is 2. The molecule has 0 aromatic rings. The molecule has 4 nitrogen and oxygen atoms in total. The van der Waals surface area contributed by atoms with E-state index in [9.17, 15) is 9.59 Å². The first-order valence-electron chi connectivity index (χ1n) is 21.3. The topological polar surface area (TPSA) is 40.6 Å². The van der Waals surface area contributed by atoms with Crippen molar-refractivity contribution >= 4 is 11.8 Å². The highest BCUT2D eigenvalue weighted by Gasteiger charge is 2.50. The van der Waals surface area contributed by atoms with Crippen molar-refractivity contribution in [3.63, 3.8) is 0 Å². The summed E-state index contributed by atoms with van der Waals surface area (Å²) in [5.41, 5.74) is -0.107.